The molecule has 0 radical (unpaired) electrons. The molecule has 32 heavy (non-hydrogen) atoms. The van der Waals surface area contributed by atoms with Crippen molar-refractivity contribution in [1.82, 2.24) is 10.2 Å². The van der Waals surface area contributed by atoms with Gasteiger partial charge in [-0.25, -0.2) is 8.42 Å². The lowest BCUT2D eigenvalue weighted by Gasteiger charge is -2.25. The third-order valence-electron chi connectivity index (χ3n) is 3.99. The van der Waals surface area contributed by atoms with Crippen LogP contribution in [0.5, 0.6) is 0 Å². The number of nitrogens with zero attached hydrogens (tertiary/aromatic N) is 3. The Morgan fingerprint density at radius 2 is 1.88 bits per heavy atom. The van der Waals surface area contributed by atoms with E-state index in [0.29, 0.717) is 14.7 Å². The minimum Gasteiger partial charge on any atom is -0.299 e. The Labute approximate surface area is 194 Å². The Hall–Kier alpha value is -2.35. The minimum atomic E-state index is -4.75. The van der Waals surface area contributed by atoms with Gasteiger partial charge in [-0.05, 0) is 36.6 Å². The van der Waals surface area contributed by atoms with E-state index >= 15 is 0 Å². The van der Waals surface area contributed by atoms with Gasteiger partial charge in [-0.1, -0.05) is 52.9 Å². The van der Waals surface area contributed by atoms with E-state index in [9.17, 15) is 26.4 Å². The highest BCUT2D eigenvalue weighted by Gasteiger charge is 2.34. The number of nitrogens with one attached hydrogen (secondary N) is 1. The first-order valence-corrected chi connectivity index (χ1v) is 12.5. The van der Waals surface area contributed by atoms with Gasteiger partial charge in [0.05, 0.1) is 21.2 Å². The van der Waals surface area contributed by atoms with Crippen molar-refractivity contribution < 1.29 is 26.4 Å². The molecule has 1 amide bonds. The molecule has 0 atom stereocenters. The van der Waals surface area contributed by atoms with Crippen molar-refractivity contribution in [1.29, 1.82) is 0 Å². The summed E-state index contributed by atoms with van der Waals surface area (Å²) in [7, 11) is -4.44. The molecule has 0 unspecified atom stereocenters. The Morgan fingerprint density at radius 1 is 1.19 bits per heavy atom. The third-order valence-corrected chi connectivity index (χ3v) is 7.90. The Kier molecular flexibility index (Phi) is 7.32. The fourth-order valence-electron chi connectivity index (χ4n) is 2.53. The first kappa shape index (κ1) is 24.3. The second-order valence-electron chi connectivity index (χ2n) is 6.11. The van der Waals surface area contributed by atoms with Gasteiger partial charge in [-0.15, -0.1) is 10.2 Å². The molecule has 7 nitrogen and oxygen atoms in total. The Balaban J connectivity index is 2.03. The van der Waals surface area contributed by atoms with E-state index in [-0.39, 0.29) is 15.0 Å². The molecule has 0 bridgehead atoms. The normalized spacial score (nSPS) is 11.9. The summed E-state index contributed by atoms with van der Waals surface area (Å²) in [6.45, 7) is -0.841. The van der Waals surface area contributed by atoms with Gasteiger partial charge in [0.1, 0.15) is 6.54 Å². The number of hydrogen-bond acceptors (Lipinski definition) is 7. The van der Waals surface area contributed by atoms with E-state index < -0.39 is 39.9 Å². The zero-order chi connectivity index (χ0) is 23.5. The lowest BCUT2D eigenvalue weighted by Crippen LogP contribution is -2.38. The molecule has 0 aliphatic carbocycles. The summed E-state index contributed by atoms with van der Waals surface area (Å²) in [6.07, 6.45) is -2.99. The number of sulfonamides is 1. The predicted octanol–water partition coefficient (Wildman–Crippen LogP) is 4.77. The van der Waals surface area contributed by atoms with E-state index in [1.807, 2.05) is 0 Å². The van der Waals surface area contributed by atoms with Crippen molar-refractivity contribution in [2.24, 2.45) is 0 Å². The first-order valence-electron chi connectivity index (χ1n) is 8.64. The number of hydrogen-bond donors (Lipinski definition) is 1. The number of halogens is 4. The number of rotatable bonds is 7. The summed E-state index contributed by atoms with van der Waals surface area (Å²) in [5.74, 6) is -0.832. The van der Waals surface area contributed by atoms with Crippen molar-refractivity contribution in [3.8, 4) is 0 Å². The SMILES string of the molecule is CSc1nnc(NC(=O)CN(c2cc(C(F)(F)F)ccc2Cl)S(=O)(=O)c2ccccc2)s1. The van der Waals surface area contributed by atoms with Crippen molar-refractivity contribution in [2.75, 3.05) is 22.4 Å². The molecular weight excluding hydrogens is 509 g/mol. The maximum absolute atomic E-state index is 13.3. The van der Waals surface area contributed by atoms with E-state index in [2.05, 4.69) is 15.5 Å². The minimum absolute atomic E-state index is 0.117. The molecule has 3 aromatic rings. The van der Waals surface area contributed by atoms with Crippen LogP contribution in [0.3, 0.4) is 0 Å². The lowest BCUT2D eigenvalue weighted by molar-refractivity contribution is -0.137. The fraction of sp³-hybridized carbons (Fsp3) is 0.167. The number of carbonyl (C=O) groups excluding carboxylic acids is 1. The molecule has 0 saturated heterocycles. The molecule has 1 N–H and O–H groups in total. The molecule has 0 aliphatic rings. The fourth-order valence-corrected chi connectivity index (χ4v) is 5.44. The van der Waals surface area contributed by atoms with Crippen LogP contribution in [-0.4, -0.2) is 37.3 Å². The Morgan fingerprint density at radius 3 is 2.47 bits per heavy atom. The molecule has 0 fully saturated rings. The van der Waals surface area contributed by atoms with Crippen LogP contribution in [0.1, 0.15) is 5.56 Å². The highest BCUT2D eigenvalue weighted by molar-refractivity contribution is 8.00. The molecule has 14 heteroatoms. The average molecular weight is 523 g/mol. The van der Waals surface area contributed by atoms with Crippen LogP contribution in [0.4, 0.5) is 24.0 Å². The topological polar surface area (TPSA) is 92.3 Å². The zero-order valence-corrected chi connectivity index (χ0v) is 19.3. The standard InChI is InChI=1S/C18H14ClF3N4O3S3/c1-30-17-25-24-16(31-17)23-15(27)10-26(32(28,29)12-5-3-2-4-6-12)14-9-11(18(20,21)22)7-8-13(14)19/h2-9H,10H2,1H3,(H,23,24,27). The molecule has 170 valence electrons. The van der Waals surface area contributed by atoms with E-state index in [4.69, 9.17) is 11.6 Å². The van der Waals surface area contributed by atoms with Crippen molar-refractivity contribution in [3.63, 3.8) is 0 Å². The average Bonchev–Trinajstić information content (AvgIpc) is 3.20. The van der Waals surface area contributed by atoms with Crippen LogP contribution in [0.15, 0.2) is 57.8 Å². The molecule has 0 saturated carbocycles. The van der Waals surface area contributed by atoms with Crippen molar-refractivity contribution in [2.45, 2.75) is 15.4 Å². The van der Waals surface area contributed by atoms with Gasteiger partial charge in [0, 0.05) is 0 Å². The molecule has 1 heterocycles. The predicted molar refractivity (Wildman–Crippen MR) is 118 cm³/mol. The van der Waals surface area contributed by atoms with Gasteiger partial charge < -0.3 is 0 Å². The number of alkyl halides is 3. The van der Waals surface area contributed by atoms with Crippen molar-refractivity contribution >= 4 is 61.4 Å². The molecule has 1 aromatic heterocycles. The van der Waals surface area contributed by atoms with Gasteiger partial charge in [-0.3, -0.25) is 14.4 Å². The summed E-state index contributed by atoms with van der Waals surface area (Å²) >= 11 is 8.43. The summed E-state index contributed by atoms with van der Waals surface area (Å²) in [6, 6.07) is 9.24. The second-order valence-corrected chi connectivity index (χ2v) is 10.4. The second kappa shape index (κ2) is 9.65. The van der Waals surface area contributed by atoms with Crippen LogP contribution in [-0.2, 0) is 21.0 Å². The molecule has 2 aromatic carbocycles. The number of benzene rings is 2. The van der Waals surface area contributed by atoms with Gasteiger partial charge >= 0.3 is 6.18 Å². The van der Waals surface area contributed by atoms with Crippen LogP contribution >= 0.6 is 34.7 Å². The van der Waals surface area contributed by atoms with Gasteiger partial charge in [-0.2, -0.15) is 13.2 Å². The van der Waals surface area contributed by atoms with E-state index in [1.54, 1.807) is 12.3 Å². The number of thioether (sulfide) groups is 1. The maximum Gasteiger partial charge on any atom is 0.416 e. The Bertz CT molecular complexity index is 1220. The van der Waals surface area contributed by atoms with Gasteiger partial charge in [0.15, 0.2) is 4.34 Å². The number of anilines is 2. The molecular formula is C18H14ClF3N4O3S3. The maximum atomic E-state index is 13.3. The number of carbonyl (C=O) groups is 1. The monoisotopic (exact) mass is 522 g/mol. The van der Waals surface area contributed by atoms with E-state index in [0.717, 1.165) is 23.5 Å². The first-order chi connectivity index (χ1) is 15.0. The lowest BCUT2D eigenvalue weighted by atomic mass is 10.2. The third kappa shape index (κ3) is 5.52. The smallest absolute Gasteiger partial charge is 0.299 e. The molecule has 0 aliphatic heterocycles. The molecule has 3 rings (SSSR count). The summed E-state index contributed by atoms with van der Waals surface area (Å²) in [5.41, 5.74) is -1.60. The van der Waals surface area contributed by atoms with Crippen LogP contribution < -0.4 is 9.62 Å². The number of aromatic nitrogens is 2. The zero-order valence-electron chi connectivity index (χ0n) is 16.1. The summed E-state index contributed by atoms with van der Waals surface area (Å²) < 4.78 is 67.4. The van der Waals surface area contributed by atoms with E-state index in [1.165, 1.54) is 36.0 Å². The molecule has 0 spiro atoms. The number of amides is 1. The van der Waals surface area contributed by atoms with Crippen molar-refractivity contribution in [3.05, 3.63) is 59.1 Å². The van der Waals surface area contributed by atoms with Crippen LogP contribution in [0, 0.1) is 0 Å². The summed E-state index contributed by atoms with van der Waals surface area (Å²) in [5, 5.41) is 9.83. The van der Waals surface area contributed by atoms with Gasteiger partial charge in [0.2, 0.25) is 11.0 Å². The summed E-state index contributed by atoms with van der Waals surface area (Å²) in [4.78, 5) is 12.4. The van der Waals surface area contributed by atoms with Gasteiger partial charge in [0.25, 0.3) is 10.0 Å². The van der Waals surface area contributed by atoms with Crippen LogP contribution in [0.25, 0.3) is 0 Å². The highest BCUT2D eigenvalue weighted by atomic mass is 35.5. The largest absolute Gasteiger partial charge is 0.416 e. The van der Waals surface area contributed by atoms with Crippen LogP contribution in [0.2, 0.25) is 5.02 Å². The highest BCUT2D eigenvalue weighted by Crippen LogP contribution is 2.37. The quantitative estimate of drug-likeness (QED) is 0.355.